The lowest BCUT2D eigenvalue weighted by Crippen LogP contribution is -2.19. The van der Waals surface area contributed by atoms with E-state index in [2.05, 4.69) is 0 Å². The normalized spacial score (nSPS) is 37.5. The Morgan fingerprint density at radius 3 is 2.55 bits per heavy atom. The van der Waals surface area contributed by atoms with Crippen molar-refractivity contribution in [2.24, 2.45) is 5.92 Å². The summed E-state index contributed by atoms with van der Waals surface area (Å²) in [5.74, 6) is -0.190. The van der Waals surface area contributed by atoms with Crippen molar-refractivity contribution < 1.29 is 19.0 Å². The molecule has 0 N–H and O–H groups in total. The Kier molecular flexibility index (Phi) is 2.99. The second-order valence-corrected chi connectivity index (χ2v) is 2.44. The van der Waals surface area contributed by atoms with Gasteiger partial charge in [0, 0.05) is 20.6 Å². The molecule has 4 nitrogen and oxygen atoms in total. The minimum absolute atomic E-state index is 0.190. The first kappa shape index (κ1) is 8.64. The van der Waals surface area contributed by atoms with E-state index < -0.39 is 6.29 Å². The summed E-state index contributed by atoms with van der Waals surface area (Å²) in [5, 5.41) is 0. The van der Waals surface area contributed by atoms with Gasteiger partial charge in [-0.2, -0.15) is 0 Å². The van der Waals surface area contributed by atoms with Crippen LogP contribution in [0.25, 0.3) is 0 Å². The molecule has 0 aromatic carbocycles. The minimum atomic E-state index is -0.433. The topological polar surface area (TPSA) is 44.8 Å². The first-order chi connectivity index (χ1) is 5.31. The SMILES string of the molecule is CO[C@@H]1C[C@@H](C=O)[C@@H](OC)O1. The maximum atomic E-state index is 10.4. The van der Waals surface area contributed by atoms with Gasteiger partial charge in [-0.25, -0.2) is 0 Å². The molecule has 0 saturated carbocycles. The van der Waals surface area contributed by atoms with Crippen LogP contribution in [-0.4, -0.2) is 33.1 Å². The largest absolute Gasteiger partial charge is 0.356 e. The molecule has 1 heterocycles. The molecule has 0 bridgehead atoms. The third-order valence-corrected chi connectivity index (χ3v) is 1.77. The Morgan fingerprint density at radius 2 is 2.18 bits per heavy atom. The molecule has 1 aliphatic heterocycles. The number of aldehydes is 1. The molecule has 0 aromatic heterocycles. The molecule has 0 aliphatic carbocycles. The highest BCUT2D eigenvalue weighted by atomic mass is 16.8. The molecular formula is C7H12O4. The molecule has 0 unspecified atom stereocenters. The summed E-state index contributed by atoms with van der Waals surface area (Å²) in [5.41, 5.74) is 0. The lowest BCUT2D eigenvalue weighted by molar-refractivity contribution is -0.192. The molecule has 64 valence electrons. The summed E-state index contributed by atoms with van der Waals surface area (Å²) in [6.45, 7) is 0. The van der Waals surface area contributed by atoms with E-state index in [9.17, 15) is 4.79 Å². The van der Waals surface area contributed by atoms with Crippen LogP contribution in [0.15, 0.2) is 0 Å². The summed E-state index contributed by atoms with van der Waals surface area (Å²) in [6.07, 6.45) is 0.693. The number of carbonyl (C=O) groups is 1. The predicted octanol–water partition coefficient (Wildman–Crippen LogP) is 0.167. The Morgan fingerprint density at radius 1 is 1.45 bits per heavy atom. The first-order valence-electron chi connectivity index (χ1n) is 3.48. The zero-order chi connectivity index (χ0) is 8.27. The molecule has 4 heteroatoms. The van der Waals surface area contributed by atoms with Gasteiger partial charge in [0.1, 0.15) is 6.29 Å². The van der Waals surface area contributed by atoms with Gasteiger partial charge in [0.15, 0.2) is 12.6 Å². The van der Waals surface area contributed by atoms with E-state index in [4.69, 9.17) is 14.2 Å². The van der Waals surface area contributed by atoms with Crippen molar-refractivity contribution in [3.63, 3.8) is 0 Å². The van der Waals surface area contributed by atoms with Crippen molar-refractivity contribution in [2.45, 2.75) is 19.0 Å². The molecule has 0 amide bonds. The number of hydrogen-bond acceptors (Lipinski definition) is 4. The number of ether oxygens (including phenoxy) is 3. The molecule has 3 atom stereocenters. The van der Waals surface area contributed by atoms with Gasteiger partial charge in [-0.15, -0.1) is 0 Å². The Bertz CT molecular complexity index is 136. The predicted molar refractivity (Wildman–Crippen MR) is 36.9 cm³/mol. The van der Waals surface area contributed by atoms with Gasteiger partial charge < -0.3 is 19.0 Å². The standard InChI is InChI=1S/C7H12O4/c1-9-6-3-5(4-8)7(10-2)11-6/h4-7H,3H2,1-2H3/t5-,6-,7-/m0/s1. The van der Waals surface area contributed by atoms with Crippen LogP contribution in [0.3, 0.4) is 0 Å². The van der Waals surface area contributed by atoms with Crippen molar-refractivity contribution >= 4 is 6.29 Å². The summed E-state index contributed by atoms with van der Waals surface area (Å²) in [7, 11) is 3.06. The van der Waals surface area contributed by atoms with Crippen LogP contribution < -0.4 is 0 Å². The molecular weight excluding hydrogens is 148 g/mol. The zero-order valence-electron chi connectivity index (χ0n) is 6.65. The molecule has 1 saturated heterocycles. The Labute approximate surface area is 65.4 Å². The molecule has 0 aromatic rings. The second kappa shape index (κ2) is 3.80. The van der Waals surface area contributed by atoms with Crippen molar-refractivity contribution in [2.75, 3.05) is 14.2 Å². The third-order valence-electron chi connectivity index (χ3n) is 1.77. The minimum Gasteiger partial charge on any atom is -0.356 e. The van der Waals surface area contributed by atoms with Gasteiger partial charge >= 0.3 is 0 Å². The van der Waals surface area contributed by atoms with Crippen molar-refractivity contribution in [3.05, 3.63) is 0 Å². The second-order valence-electron chi connectivity index (χ2n) is 2.44. The quantitative estimate of drug-likeness (QED) is 0.552. The van der Waals surface area contributed by atoms with E-state index >= 15 is 0 Å². The summed E-state index contributed by atoms with van der Waals surface area (Å²) >= 11 is 0. The molecule has 1 rings (SSSR count). The van der Waals surface area contributed by atoms with Crippen LogP contribution in [-0.2, 0) is 19.0 Å². The zero-order valence-corrected chi connectivity index (χ0v) is 6.65. The van der Waals surface area contributed by atoms with Gasteiger partial charge in [-0.05, 0) is 0 Å². The Balaban J connectivity index is 2.47. The van der Waals surface area contributed by atoms with Crippen molar-refractivity contribution in [1.29, 1.82) is 0 Å². The van der Waals surface area contributed by atoms with E-state index in [1.807, 2.05) is 0 Å². The highest BCUT2D eigenvalue weighted by Gasteiger charge is 2.34. The van der Waals surface area contributed by atoms with Crippen LogP contribution >= 0.6 is 0 Å². The number of methoxy groups -OCH3 is 2. The monoisotopic (exact) mass is 160 g/mol. The van der Waals surface area contributed by atoms with Gasteiger partial charge in [-0.1, -0.05) is 0 Å². The average molecular weight is 160 g/mol. The van der Waals surface area contributed by atoms with Gasteiger partial charge in [0.25, 0.3) is 0 Å². The van der Waals surface area contributed by atoms with Crippen LogP contribution in [0.1, 0.15) is 6.42 Å². The fraction of sp³-hybridized carbons (Fsp3) is 0.857. The summed E-state index contributed by atoms with van der Waals surface area (Å²) in [4.78, 5) is 10.4. The molecule has 0 spiro atoms. The van der Waals surface area contributed by atoms with Gasteiger partial charge in [0.2, 0.25) is 0 Å². The maximum Gasteiger partial charge on any atom is 0.169 e. The maximum absolute atomic E-state index is 10.4. The first-order valence-corrected chi connectivity index (χ1v) is 3.48. The average Bonchev–Trinajstić information content (AvgIpc) is 2.46. The fourth-order valence-corrected chi connectivity index (χ4v) is 1.14. The Hall–Kier alpha value is -0.450. The van der Waals surface area contributed by atoms with Crippen LogP contribution in [0.4, 0.5) is 0 Å². The highest BCUT2D eigenvalue weighted by molar-refractivity contribution is 5.54. The van der Waals surface area contributed by atoms with E-state index in [0.29, 0.717) is 6.42 Å². The van der Waals surface area contributed by atoms with Crippen LogP contribution in [0.2, 0.25) is 0 Å². The molecule has 1 fully saturated rings. The van der Waals surface area contributed by atoms with E-state index in [0.717, 1.165) is 6.29 Å². The highest BCUT2D eigenvalue weighted by Crippen LogP contribution is 2.25. The fourth-order valence-electron chi connectivity index (χ4n) is 1.14. The number of carbonyl (C=O) groups excluding carboxylic acids is 1. The number of hydrogen-bond donors (Lipinski definition) is 0. The molecule has 11 heavy (non-hydrogen) atoms. The smallest absolute Gasteiger partial charge is 0.169 e. The lowest BCUT2D eigenvalue weighted by Gasteiger charge is -2.11. The molecule has 1 aliphatic rings. The summed E-state index contributed by atoms with van der Waals surface area (Å²) < 4.78 is 15.0. The van der Waals surface area contributed by atoms with Crippen molar-refractivity contribution in [1.82, 2.24) is 0 Å². The van der Waals surface area contributed by atoms with Crippen molar-refractivity contribution in [3.8, 4) is 0 Å². The van der Waals surface area contributed by atoms with Crippen LogP contribution in [0, 0.1) is 5.92 Å². The lowest BCUT2D eigenvalue weighted by atomic mass is 10.1. The van der Waals surface area contributed by atoms with E-state index in [-0.39, 0.29) is 12.2 Å². The van der Waals surface area contributed by atoms with E-state index in [1.54, 1.807) is 7.11 Å². The van der Waals surface area contributed by atoms with E-state index in [1.165, 1.54) is 7.11 Å². The summed E-state index contributed by atoms with van der Waals surface area (Å²) in [6, 6.07) is 0. The number of rotatable bonds is 3. The van der Waals surface area contributed by atoms with Gasteiger partial charge in [-0.3, -0.25) is 0 Å². The third kappa shape index (κ3) is 1.77. The van der Waals surface area contributed by atoms with Gasteiger partial charge in [0.05, 0.1) is 5.92 Å². The van der Waals surface area contributed by atoms with Crippen LogP contribution in [0.5, 0.6) is 0 Å². The molecule has 0 radical (unpaired) electrons.